The molecule has 0 bridgehead atoms. The van der Waals surface area contributed by atoms with Gasteiger partial charge in [-0.05, 0) is 84.0 Å². The molecule has 1 heterocycles. The van der Waals surface area contributed by atoms with Gasteiger partial charge in [-0.3, -0.25) is 9.98 Å². The standard InChI is InChI=1S/C31H38ClN3.3ClH.Nd/c1-7-21-13-23(9-3)30(24(10-4)14-21)33-19-28-17-27(32)18-29(35-28)20-34-31-25(11-5)15-22(8-2)16-26(31)12-6;;;;/h13-20H,7-12H2,1-6H3;3*1H;/q;;;;+3/p-3. The van der Waals surface area contributed by atoms with Crippen LogP contribution in [0, 0.1) is 40.8 Å². The first-order chi connectivity index (χ1) is 17.0. The Hall–Kier alpha value is -0.559. The van der Waals surface area contributed by atoms with Crippen LogP contribution in [-0.2, 0) is 38.5 Å². The summed E-state index contributed by atoms with van der Waals surface area (Å²) in [5.74, 6) is 0. The Labute approximate surface area is 291 Å². The second-order valence-electron chi connectivity index (χ2n) is 8.80. The first kappa shape index (κ1) is 40.6. The van der Waals surface area contributed by atoms with E-state index in [2.05, 4.69) is 65.8 Å². The summed E-state index contributed by atoms with van der Waals surface area (Å²) < 4.78 is 0. The molecule has 0 N–H and O–H groups in total. The number of hydrogen-bond acceptors (Lipinski definition) is 3. The van der Waals surface area contributed by atoms with Crippen LogP contribution in [-0.4, -0.2) is 17.4 Å². The molecule has 3 aromatic rings. The fourth-order valence-electron chi connectivity index (χ4n) is 4.41. The molecule has 0 aliphatic carbocycles. The van der Waals surface area contributed by atoms with Gasteiger partial charge in [-0.25, -0.2) is 4.98 Å². The van der Waals surface area contributed by atoms with Gasteiger partial charge < -0.3 is 37.2 Å². The Morgan fingerprint density at radius 3 is 1.13 bits per heavy atom. The Morgan fingerprint density at radius 1 is 0.564 bits per heavy atom. The summed E-state index contributed by atoms with van der Waals surface area (Å²) in [7, 11) is 0. The predicted octanol–water partition coefficient (Wildman–Crippen LogP) is -0.377. The molecule has 0 spiro atoms. The first-order valence-corrected chi connectivity index (χ1v) is 13.4. The summed E-state index contributed by atoms with van der Waals surface area (Å²) in [4.78, 5) is 14.5. The molecule has 8 heteroatoms. The van der Waals surface area contributed by atoms with Crippen LogP contribution < -0.4 is 37.2 Å². The van der Waals surface area contributed by atoms with Crippen molar-refractivity contribution in [1.29, 1.82) is 0 Å². The number of aliphatic imine (C=N–C) groups is 2. The number of aromatic nitrogens is 1. The van der Waals surface area contributed by atoms with Gasteiger partial charge in [0.2, 0.25) is 0 Å². The Morgan fingerprint density at radius 2 is 0.872 bits per heavy atom. The molecule has 1 aromatic heterocycles. The maximum atomic E-state index is 6.46. The molecule has 209 valence electrons. The van der Waals surface area contributed by atoms with Crippen molar-refractivity contribution < 1.29 is 78.1 Å². The van der Waals surface area contributed by atoms with Crippen molar-refractivity contribution in [3.8, 4) is 0 Å². The van der Waals surface area contributed by atoms with Gasteiger partial charge in [-0.15, -0.1) is 0 Å². The van der Waals surface area contributed by atoms with Crippen LogP contribution >= 0.6 is 11.6 Å². The van der Waals surface area contributed by atoms with Gasteiger partial charge >= 0.3 is 40.8 Å². The van der Waals surface area contributed by atoms with E-state index in [-0.39, 0.29) is 78.1 Å². The van der Waals surface area contributed by atoms with E-state index in [1.807, 2.05) is 24.6 Å². The van der Waals surface area contributed by atoms with Gasteiger partial charge in [0.25, 0.3) is 0 Å². The Kier molecular flexibility index (Phi) is 21.2. The number of aryl methyl sites for hydroxylation is 6. The maximum Gasteiger partial charge on any atom is 3.00 e. The second-order valence-corrected chi connectivity index (χ2v) is 9.23. The fourth-order valence-corrected chi connectivity index (χ4v) is 4.64. The summed E-state index contributed by atoms with van der Waals surface area (Å²) in [5, 5.41) is 0.628. The van der Waals surface area contributed by atoms with E-state index < -0.39 is 0 Å². The molecule has 0 amide bonds. The summed E-state index contributed by atoms with van der Waals surface area (Å²) >= 11 is 6.46. The molecule has 0 saturated heterocycles. The van der Waals surface area contributed by atoms with Crippen LogP contribution in [0.5, 0.6) is 0 Å². The van der Waals surface area contributed by atoms with E-state index in [1.165, 1.54) is 33.4 Å². The molecule has 0 saturated carbocycles. The van der Waals surface area contributed by atoms with Gasteiger partial charge in [0.05, 0.1) is 35.2 Å². The average molecular weight is 739 g/mol. The van der Waals surface area contributed by atoms with Gasteiger partial charge in [-0.1, -0.05) is 77.4 Å². The minimum absolute atomic E-state index is 0. The summed E-state index contributed by atoms with van der Waals surface area (Å²) in [6.07, 6.45) is 9.51. The molecule has 0 aliphatic rings. The molecular formula is C31H38Cl4N3Nd. The zero-order valence-electron chi connectivity index (χ0n) is 23.7. The Bertz CT molecular complexity index is 1100. The molecule has 39 heavy (non-hydrogen) atoms. The number of benzene rings is 2. The predicted molar refractivity (Wildman–Crippen MR) is 153 cm³/mol. The van der Waals surface area contributed by atoms with Crippen LogP contribution in [0.25, 0.3) is 0 Å². The number of rotatable bonds is 10. The van der Waals surface area contributed by atoms with Gasteiger partial charge in [0, 0.05) is 5.02 Å². The summed E-state index contributed by atoms with van der Waals surface area (Å²) in [6.45, 7) is 13.1. The molecule has 0 fully saturated rings. The second kappa shape index (κ2) is 20.3. The van der Waals surface area contributed by atoms with E-state index in [0.29, 0.717) is 5.02 Å². The van der Waals surface area contributed by atoms with E-state index in [0.717, 1.165) is 61.3 Å². The van der Waals surface area contributed by atoms with E-state index in [1.54, 1.807) is 0 Å². The topological polar surface area (TPSA) is 37.6 Å². The number of pyridine rings is 1. The van der Waals surface area contributed by atoms with E-state index in [9.17, 15) is 0 Å². The third kappa shape index (κ3) is 11.0. The molecular weight excluding hydrogens is 700 g/mol. The van der Waals surface area contributed by atoms with Crippen molar-refractivity contribution in [1.82, 2.24) is 4.98 Å². The number of nitrogens with zero attached hydrogens (tertiary/aromatic N) is 3. The van der Waals surface area contributed by atoms with Crippen molar-refractivity contribution in [2.75, 3.05) is 0 Å². The molecule has 0 unspecified atom stereocenters. The van der Waals surface area contributed by atoms with Gasteiger partial charge in [0.15, 0.2) is 0 Å². The molecule has 3 nitrogen and oxygen atoms in total. The quantitative estimate of drug-likeness (QED) is 0.262. The zero-order valence-corrected chi connectivity index (χ0v) is 29.9. The Balaban J connectivity index is 0. The molecule has 2 aromatic carbocycles. The smallest absolute Gasteiger partial charge is 1.00 e. The molecule has 0 aliphatic heterocycles. The number of hydrogen-bond donors (Lipinski definition) is 0. The monoisotopic (exact) mass is 734 g/mol. The zero-order chi connectivity index (χ0) is 25.4. The van der Waals surface area contributed by atoms with E-state index in [4.69, 9.17) is 26.6 Å². The van der Waals surface area contributed by atoms with Crippen LogP contribution in [0.4, 0.5) is 11.4 Å². The average Bonchev–Trinajstić information content (AvgIpc) is 2.89. The minimum Gasteiger partial charge on any atom is -1.00 e. The summed E-state index contributed by atoms with van der Waals surface area (Å²) in [6, 6.07) is 12.8. The first-order valence-electron chi connectivity index (χ1n) is 13.0. The normalized spacial score (nSPS) is 10.5. The van der Waals surface area contributed by atoms with Crippen molar-refractivity contribution in [3.05, 3.63) is 86.2 Å². The van der Waals surface area contributed by atoms with Gasteiger partial charge in [-0.2, -0.15) is 0 Å². The minimum atomic E-state index is 0. The van der Waals surface area contributed by atoms with Crippen molar-refractivity contribution >= 4 is 35.4 Å². The van der Waals surface area contributed by atoms with Crippen molar-refractivity contribution in [3.63, 3.8) is 0 Å². The van der Waals surface area contributed by atoms with Crippen LogP contribution in [0.15, 0.2) is 46.4 Å². The molecule has 1 radical (unpaired) electrons. The SMILES string of the molecule is CCc1cc(CC)c(N=Cc2cc(Cl)cc(C=Nc3c(CC)cc(CC)cc3CC)n2)c(CC)c1.[Cl-].[Cl-].[Cl-].[Nd+3]. The molecule has 0 atom stereocenters. The molecule has 3 rings (SSSR count). The third-order valence-corrected chi connectivity index (χ3v) is 6.70. The fraction of sp³-hybridized carbons (Fsp3) is 0.387. The van der Waals surface area contributed by atoms with Crippen molar-refractivity contribution in [2.45, 2.75) is 80.1 Å². The van der Waals surface area contributed by atoms with E-state index >= 15 is 0 Å². The van der Waals surface area contributed by atoms with Crippen molar-refractivity contribution in [2.24, 2.45) is 9.98 Å². The third-order valence-electron chi connectivity index (χ3n) is 6.48. The van der Waals surface area contributed by atoms with Crippen LogP contribution in [0.3, 0.4) is 0 Å². The van der Waals surface area contributed by atoms with Crippen LogP contribution in [0.2, 0.25) is 5.02 Å². The number of halogens is 4. The largest absolute Gasteiger partial charge is 3.00 e. The maximum absolute atomic E-state index is 6.46. The van der Waals surface area contributed by atoms with Crippen LogP contribution in [0.1, 0.15) is 86.3 Å². The van der Waals surface area contributed by atoms with Gasteiger partial charge in [0.1, 0.15) is 0 Å². The summed E-state index contributed by atoms with van der Waals surface area (Å²) in [5.41, 5.74) is 11.4.